The lowest BCUT2D eigenvalue weighted by Crippen LogP contribution is -2.22. The van der Waals surface area contributed by atoms with Crippen molar-refractivity contribution in [1.29, 1.82) is 0 Å². The van der Waals surface area contributed by atoms with E-state index in [1.54, 1.807) is 12.1 Å². The van der Waals surface area contributed by atoms with E-state index in [4.69, 9.17) is 20.2 Å². The van der Waals surface area contributed by atoms with Crippen LogP contribution >= 0.6 is 10.7 Å². The van der Waals surface area contributed by atoms with Crippen LogP contribution < -0.4 is 4.74 Å². The van der Waals surface area contributed by atoms with Gasteiger partial charge in [-0.25, -0.2) is 8.42 Å². The van der Waals surface area contributed by atoms with Gasteiger partial charge in [-0.1, -0.05) is 0 Å². The Morgan fingerprint density at radius 1 is 1.11 bits per heavy atom. The highest BCUT2D eigenvalue weighted by atomic mass is 35.7. The Labute approximate surface area is 112 Å². The minimum atomic E-state index is -3.67. The van der Waals surface area contributed by atoms with Crippen molar-refractivity contribution in [2.45, 2.75) is 31.3 Å². The summed E-state index contributed by atoms with van der Waals surface area (Å²) >= 11 is 0. The highest BCUT2D eigenvalue weighted by Crippen LogP contribution is 2.19. The molecule has 0 bridgehead atoms. The van der Waals surface area contributed by atoms with Gasteiger partial charge in [0.2, 0.25) is 0 Å². The van der Waals surface area contributed by atoms with Crippen molar-refractivity contribution in [2.24, 2.45) is 0 Å². The molecule has 0 aliphatic rings. The maximum atomic E-state index is 11.0. The molecule has 0 heterocycles. The second-order valence-corrected chi connectivity index (χ2v) is 7.28. The molecule has 0 amide bonds. The zero-order chi connectivity index (χ0) is 13.8. The third-order valence-corrected chi connectivity index (χ3v) is 3.36. The van der Waals surface area contributed by atoms with E-state index in [0.29, 0.717) is 19.0 Å². The standard InChI is InChI=1S/C12H17ClO4S/c1-12(2,3)17-9-8-16-10-4-6-11(7-5-10)18(13,14)15/h4-7H,8-9H2,1-3H3. The lowest BCUT2D eigenvalue weighted by molar-refractivity contribution is -0.0163. The number of rotatable bonds is 5. The maximum absolute atomic E-state index is 11.0. The van der Waals surface area contributed by atoms with Crippen molar-refractivity contribution in [3.8, 4) is 5.75 Å². The van der Waals surface area contributed by atoms with Gasteiger partial charge < -0.3 is 9.47 Å². The van der Waals surface area contributed by atoms with Crippen LogP contribution in [-0.4, -0.2) is 27.2 Å². The van der Waals surface area contributed by atoms with Crippen LogP contribution in [0.2, 0.25) is 0 Å². The average Bonchev–Trinajstić information content (AvgIpc) is 2.22. The van der Waals surface area contributed by atoms with Crippen molar-refractivity contribution in [3.05, 3.63) is 24.3 Å². The van der Waals surface area contributed by atoms with E-state index in [-0.39, 0.29) is 10.5 Å². The Morgan fingerprint density at radius 2 is 1.67 bits per heavy atom. The summed E-state index contributed by atoms with van der Waals surface area (Å²) in [5.41, 5.74) is -0.195. The molecule has 0 aromatic heterocycles. The zero-order valence-electron chi connectivity index (χ0n) is 10.6. The molecule has 0 aliphatic heterocycles. The molecule has 1 aromatic rings. The monoisotopic (exact) mass is 292 g/mol. The Hall–Kier alpha value is -0.780. The van der Waals surface area contributed by atoms with Gasteiger partial charge in [0.1, 0.15) is 12.4 Å². The van der Waals surface area contributed by atoms with Crippen LogP contribution in [0.25, 0.3) is 0 Å². The summed E-state index contributed by atoms with van der Waals surface area (Å²) in [4.78, 5) is 0.0578. The predicted octanol–water partition coefficient (Wildman–Crippen LogP) is 2.81. The molecule has 1 rings (SSSR count). The van der Waals surface area contributed by atoms with E-state index in [1.807, 2.05) is 20.8 Å². The number of ether oxygens (including phenoxy) is 2. The predicted molar refractivity (Wildman–Crippen MR) is 70.7 cm³/mol. The van der Waals surface area contributed by atoms with Gasteiger partial charge in [0.15, 0.2) is 0 Å². The SMILES string of the molecule is CC(C)(C)OCCOc1ccc(S(=O)(=O)Cl)cc1. The number of hydrogen-bond acceptors (Lipinski definition) is 4. The first kappa shape index (κ1) is 15.3. The molecule has 0 fully saturated rings. The van der Waals surface area contributed by atoms with Crippen molar-refractivity contribution in [2.75, 3.05) is 13.2 Å². The van der Waals surface area contributed by atoms with Crippen molar-refractivity contribution in [3.63, 3.8) is 0 Å². The van der Waals surface area contributed by atoms with E-state index in [2.05, 4.69) is 0 Å². The van der Waals surface area contributed by atoms with Crippen LogP contribution in [0.15, 0.2) is 29.2 Å². The van der Waals surface area contributed by atoms with Gasteiger partial charge in [-0.15, -0.1) is 0 Å². The van der Waals surface area contributed by atoms with Crippen molar-refractivity contribution < 1.29 is 17.9 Å². The normalized spacial score (nSPS) is 12.4. The van der Waals surface area contributed by atoms with Crippen LogP contribution in [0.5, 0.6) is 5.75 Å². The Bertz CT molecular complexity index is 474. The van der Waals surface area contributed by atoms with E-state index >= 15 is 0 Å². The van der Waals surface area contributed by atoms with Crippen molar-refractivity contribution in [1.82, 2.24) is 0 Å². The second-order valence-electron chi connectivity index (χ2n) is 4.72. The fraction of sp³-hybridized carbons (Fsp3) is 0.500. The molecule has 4 nitrogen and oxygen atoms in total. The second kappa shape index (κ2) is 5.91. The summed E-state index contributed by atoms with van der Waals surface area (Å²) in [7, 11) is 1.53. The molecule has 6 heteroatoms. The molecule has 0 aliphatic carbocycles. The molecule has 0 N–H and O–H groups in total. The molecule has 1 aromatic carbocycles. The molecular formula is C12H17ClO4S. The van der Waals surface area contributed by atoms with Crippen LogP contribution in [0, 0.1) is 0 Å². The quantitative estimate of drug-likeness (QED) is 0.618. The van der Waals surface area contributed by atoms with Gasteiger partial charge in [-0.2, -0.15) is 0 Å². The molecule has 0 saturated heterocycles. The van der Waals surface area contributed by atoms with E-state index in [9.17, 15) is 8.42 Å². The van der Waals surface area contributed by atoms with Gasteiger partial charge in [0.05, 0.1) is 17.1 Å². The number of benzene rings is 1. The van der Waals surface area contributed by atoms with Gasteiger partial charge >= 0.3 is 0 Å². The lowest BCUT2D eigenvalue weighted by Gasteiger charge is -2.19. The van der Waals surface area contributed by atoms with Gasteiger partial charge in [0.25, 0.3) is 9.05 Å². The van der Waals surface area contributed by atoms with E-state index in [0.717, 1.165) is 0 Å². The lowest BCUT2D eigenvalue weighted by atomic mass is 10.2. The van der Waals surface area contributed by atoms with E-state index < -0.39 is 9.05 Å². The first-order valence-electron chi connectivity index (χ1n) is 5.50. The van der Waals surface area contributed by atoms with Crippen LogP contribution in [0.4, 0.5) is 0 Å². The molecule has 102 valence electrons. The Kier molecular flexibility index (Phi) is 5.01. The minimum absolute atomic E-state index is 0.0578. The van der Waals surface area contributed by atoms with Gasteiger partial charge in [-0.3, -0.25) is 0 Å². The summed E-state index contributed by atoms with van der Waals surface area (Å²) in [6.45, 7) is 6.77. The maximum Gasteiger partial charge on any atom is 0.261 e. The third-order valence-electron chi connectivity index (χ3n) is 1.99. The summed E-state index contributed by atoms with van der Waals surface area (Å²) in [5, 5.41) is 0. The summed E-state index contributed by atoms with van der Waals surface area (Å²) in [6.07, 6.45) is 0. The fourth-order valence-corrected chi connectivity index (χ4v) is 1.98. The molecule has 0 saturated carbocycles. The van der Waals surface area contributed by atoms with Crippen molar-refractivity contribution >= 4 is 19.7 Å². The van der Waals surface area contributed by atoms with Gasteiger partial charge in [0, 0.05) is 10.7 Å². The average molecular weight is 293 g/mol. The van der Waals surface area contributed by atoms with Crippen LogP contribution in [0.1, 0.15) is 20.8 Å². The first-order chi connectivity index (χ1) is 8.18. The molecule has 0 unspecified atom stereocenters. The first-order valence-corrected chi connectivity index (χ1v) is 7.81. The smallest absolute Gasteiger partial charge is 0.261 e. The number of hydrogen-bond donors (Lipinski definition) is 0. The zero-order valence-corrected chi connectivity index (χ0v) is 12.2. The summed E-state index contributed by atoms with van der Waals surface area (Å²) in [5.74, 6) is 0.580. The highest BCUT2D eigenvalue weighted by molar-refractivity contribution is 8.13. The molecular weight excluding hydrogens is 276 g/mol. The largest absolute Gasteiger partial charge is 0.491 e. The van der Waals surface area contributed by atoms with Crippen LogP contribution in [0.3, 0.4) is 0 Å². The summed E-state index contributed by atoms with van der Waals surface area (Å²) in [6, 6.07) is 5.93. The Morgan fingerprint density at radius 3 is 2.11 bits per heavy atom. The highest BCUT2D eigenvalue weighted by Gasteiger charge is 2.10. The van der Waals surface area contributed by atoms with Gasteiger partial charge in [-0.05, 0) is 45.0 Å². The molecule has 0 radical (unpaired) electrons. The summed E-state index contributed by atoms with van der Waals surface area (Å²) < 4.78 is 32.9. The third kappa shape index (κ3) is 5.71. The van der Waals surface area contributed by atoms with Crippen LogP contribution in [-0.2, 0) is 13.8 Å². The number of halogens is 1. The topological polar surface area (TPSA) is 52.6 Å². The molecule has 0 spiro atoms. The van der Waals surface area contributed by atoms with E-state index in [1.165, 1.54) is 12.1 Å². The fourth-order valence-electron chi connectivity index (χ4n) is 1.21. The molecule has 18 heavy (non-hydrogen) atoms. The Balaban J connectivity index is 2.45. The molecule has 0 atom stereocenters. The minimum Gasteiger partial charge on any atom is -0.491 e.